The molecule has 1 saturated carbocycles. The molecule has 3 aromatic rings. The Morgan fingerprint density at radius 3 is 2.30 bits per heavy atom. The molecule has 1 aliphatic carbocycles. The van der Waals surface area contributed by atoms with E-state index in [4.69, 9.17) is 14.9 Å². The molecule has 0 bridgehead atoms. The maximum absolute atomic E-state index is 13.7. The highest BCUT2D eigenvalue weighted by molar-refractivity contribution is 7.99. The molecule has 0 saturated heterocycles. The van der Waals surface area contributed by atoms with Gasteiger partial charge in [-0.2, -0.15) is 13.2 Å². The molecule has 8 nitrogen and oxygen atoms in total. The van der Waals surface area contributed by atoms with E-state index in [1.54, 1.807) is 16.3 Å². The molecule has 0 spiro atoms. The lowest BCUT2D eigenvalue weighted by atomic mass is 10.0. The highest BCUT2D eigenvalue weighted by atomic mass is 32.2. The molecular weight excluding hydrogens is 581 g/mol. The molecule has 2 aliphatic rings. The van der Waals surface area contributed by atoms with Gasteiger partial charge in [-0.3, -0.25) is 14.2 Å². The van der Waals surface area contributed by atoms with Gasteiger partial charge in [0.05, 0.1) is 23.5 Å². The summed E-state index contributed by atoms with van der Waals surface area (Å²) in [6.07, 6.45) is -0.440. The van der Waals surface area contributed by atoms with E-state index < -0.39 is 12.1 Å². The van der Waals surface area contributed by atoms with E-state index in [1.165, 1.54) is 24.8 Å². The molecule has 1 fully saturated rings. The molecular formula is C31H35F3N4O4S. The first-order chi connectivity index (χ1) is 20.5. The number of alkyl halides is 3. The van der Waals surface area contributed by atoms with Gasteiger partial charge in [0, 0.05) is 37.7 Å². The first kappa shape index (κ1) is 32.3. The van der Waals surface area contributed by atoms with Crippen molar-refractivity contribution in [2.45, 2.75) is 68.1 Å². The van der Waals surface area contributed by atoms with Gasteiger partial charge in [-0.15, -0.1) is 0 Å². The SMILES string of the molecule is C[C@H](CNCCC(=O)N1CCc2nc(SC3CCC3)n(-c3ccccc3)c(=O)c2C1)c1ccccc1.O=C(O)C(F)(F)F. The molecule has 1 aliphatic heterocycles. The number of nitrogens with zero attached hydrogens (tertiary/aromatic N) is 3. The Balaban J connectivity index is 0.000000541. The number of carbonyl (C=O) groups is 2. The number of hydrogen-bond acceptors (Lipinski definition) is 6. The van der Waals surface area contributed by atoms with E-state index in [0.717, 1.165) is 23.1 Å². The third-order valence-corrected chi connectivity index (χ3v) is 8.76. The summed E-state index contributed by atoms with van der Waals surface area (Å²) in [5.41, 5.74) is 3.59. The van der Waals surface area contributed by atoms with Crippen LogP contribution in [0, 0.1) is 0 Å². The lowest BCUT2D eigenvalue weighted by Crippen LogP contribution is -2.42. The Labute approximate surface area is 252 Å². The van der Waals surface area contributed by atoms with E-state index in [2.05, 4.69) is 36.5 Å². The highest BCUT2D eigenvalue weighted by Crippen LogP contribution is 2.36. The normalized spacial score (nSPS) is 15.5. The van der Waals surface area contributed by atoms with Crippen molar-refractivity contribution >= 4 is 23.6 Å². The summed E-state index contributed by atoms with van der Waals surface area (Å²) >= 11 is 1.72. The van der Waals surface area contributed by atoms with Gasteiger partial charge in [0.1, 0.15) is 0 Å². The average molecular weight is 617 g/mol. The highest BCUT2D eigenvalue weighted by Gasteiger charge is 2.38. The van der Waals surface area contributed by atoms with E-state index in [9.17, 15) is 22.8 Å². The van der Waals surface area contributed by atoms with Crippen LogP contribution in [0.25, 0.3) is 5.69 Å². The van der Waals surface area contributed by atoms with Crippen molar-refractivity contribution in [1.29, 1.82) is 0 Å². The number of carboxylic acids is 1. The van der Waals surface area contributed by atoms with Crippen molar-refractivity contribution in [3.63, 3.8) is 0 Å². The minimum absolute atomic E-state index is 0.0414. The van der Waals surface area contributed by atoms with Gasteiger partial charge in [0.15, 0.2) is 5.16 Å². The Bertz CT molecular complexity index is 1450. The number of carbonyl (C=O) groups excluding carboxylic acids is 1. The first-order valence-electron chi connectivity index (χ1n) is 14.2. The molecule has 12 heteroatoms. The number of thioether (sulfide) groups is 1. The van der Waals surface area contributed by atoms with Gasteiger partial charge < -0.3 is 15.3 Å². The second-order valence-electron chi connectivity index (χ2n) is 10.6. The predicted octanol–water partition coefficient (Wildman–Crippen LogP) is 5.18. The standard InChI is InChI=1S/C29H34N4O2S.C2HF3O2/c1-21(22-9-4-2-5-10-22)19-30-17-15-27(34)32-18-16-26-25(20-32)28(35)33(23-11-6-3-7-12-23)29(31-26)36-24-13-8-14-24;3-2(4,5)1(6)7/h2-7,9-12,21,24,30H,8,13-20H2,1H3;(H,6,7)/t21-;/m1./s1. The minimum Gasteiger partial charge on any atom is -0.475 e. The zero-order valence-electron chi connectivity index (χ0n) is 23.8. The topological polar surface area (TPSA) is 105 Å². The Hall–Kier alpha value is -3.64. The van der Waals surface area contributed by atoms with Crippen LogP contribution in [0.2, 0.25) is 0 Å². The van der Waals surface area contributed by atoms with Gasteiger partial charge in [-0.25, -0.2) is 9.78 Å². The average Bonchev–Trinajstić information content (AvgIpc) is 2.97. The molecule has 230 valence electrons. The van der Waals surface area contributed by atoms with E-state index >= 15 is 0 Å². The van der Waals surface area contributed by atoms with Gasteiger partial charge in [0.25, 0.3) is 5.56 Å². The fourth-order valence-electron chi connectivity index (χ4n) is 4.76. The maximum atomic E-state index is 13.7. The van der Waals surface area contributed by atoms with Crippen LogP contribution in [0.1, 0.15) is 55.3 Å². The van der Waals surface area contributed by atoms with E-state index in [1.807, 2.05) is 41.3 Å². The zero-order chi connectivity index (χ0) is 31.0. The molecule has 0 unspecified atom stereocenters. The first-order valence-corrected chi connectivity index (χ1v) is 15.1. The number of fused-ring (bicyclic) bond motifs is 1. The minimum atomic E-state index is -5.08. The summed E-state index contributed by atoms with van der Waals surface area (Å²) in [5.74, 6) is -2.29. The molecule has 1 aromatic heterocycles. The molecule has 1 atom stereocenters. The van der Waals surface area contributed by atoms with Crippen LogP contribution < -0.4 is 10.9 Å². The summed E-state index contributed by atoms with van der Waals surface area (Å²) in [6.45, 7) is 4.59. The number of nitrogens with one attached hydrogen (secondary N) is 1. The summed E-state index contributed by atoms with van der Waals surface area (Å²) < 4.78 is 33.5. The zero-order valence-corrected chi connectivity index (χ0v) is 24.7. The van der Waals surface area contributed by atoms with Crippen molar-refractivity contribution in [1.82, 2.24) is 19.8 Å². The molecule has 0 radical (unpaired) electrons. The number of halogens is 3. The number of rotatable bonds is 9. The van der Waals surface area contributed by atoms with Gasteiger partial charge in [-0.05, 0) is 36.5 Å². The van der Waals surface area contributed by atoms with Crippen LogP contribution in [0.4, 0.5) is 13.2 Å². The van der Waals surface area contributed by atoms with Crippen LogP contribution in [0.3, 0.4) is 0 Å². The summed E-state index contributed by atoms with van der Waals surface area (Å²) in [6, 6.07) is 20.1. The van der Waals surface area contributed by atoms with E-state index in [0.29, 0.717) is 49.2 Å². The maximum Gasteiger partial charge on any atom is 0.490 e. The smallest absolute Gasteiger partial charge is 0.475 e. The summed E-state index contributed by atoms with van der Waals surface area (Å²) in [7, 11) is 0. The number of aliphatic carboxylic acids is 1. The van der Waals surface area contributed by atoms with Gasteiger partial charge >= 0.3 is 12.1 Å². The second-order valence-corrected chi connectivity index (χ2v) is 11.9. The number of hydrogen-bond donors (Lipinski definition) is 2. The largest absolute Gasteiger partial charge is 0.490 e. The molecule has 5 rings (SSSR count). The second kappa shape index (κ2) is 14.7. The van der Waals surface area contributed by atoms with Crippen molar-refractivity contribution in [2.24, 2.45) is 0 Å². The van der Waals surface area contributed by atoms with Crippen LogP contribution in [0.15, 0.2) is 70.6 Å². The fraction of sp³-hybridized carbons (Fsp3) is 0.419. The molecule has 43 heavy (non-hydrogen) atoms. The fourth-order valence-corrected chi connectivity index (χ4v) is 6.08. The Kier molecular flexibility index (Phi) is 11.0. The number of carboxylic acid groups (broad SMARTS) is 1. The van der Waals surface area contributed by atoms with Crippen LogP contribution >= 0.6 is 11.8 Å². The number of benzene rings is 2. The Morgan fingerprint density at radius 2 is 1.72 bits per heavy atom. The molecule has 2 aromatic carbocycles. The quantitative estimate of drug-likeness (QED) is 0.252. The number of aromatic nitrogens is 2. The third-order valence-electron chi connectivity index (χ3n) is 7.47. The predicted molar refractivity (Wildman–Crippen MR) is 158 cm³/mol. The van der Waals surface area contributed by atoms with Crippen LogP contribution in [-0.4, -0.2) is 62.5 Å². The van der Waals surface area contributed by atoms with Gasteiger partial charge in [-0.1, -0.05) is 73.6 Å². The van der Waals surface area contributed by atoms with Crippen molar-refractivity contribution < 1.29 is 27.9 Å². The monoisotopic (exact) mass is 616 g/mol. The summed E-state index contributed by atoms with van der Waals surface area (Å²) in [5, 5.41) is 11.9. The van der Waals surface area contributed by atoms with Crippen molar-refractivity contribution in [2.75, 3.05) is 19.6 Å². The van der Waals surface area contributed by atoms with Crippen molar-refractivity contribution in [3.05, 3.63) is 87.8 Å². The van der Waals surface area contributed by atoms with Crippen LogP contribution in [0.5, 0.6) is 0 Å². The molecule has 2 heterocycles. The number of para-hydroxylation sites is 1. The van der Waals surface area contributed by atoms with Crippen molar-refractivity contribution in [3.8, 4) is 5.69 Å². The molecule has 1 amide bonds. The van der Waals surface area contributed by atoms with Gasteiger partial charge in [0.2, 0.25) is 5.91 Å². The number of amides is 1. The molecule has 2 N–H and O–H groups in total. The Morgan fingerprint density at radius 1 is 1.09 bits per heavy atom. The lowest BCUT2D eigenvalue weighted by Gasteiger charge is -2.30. The summed E-state index contributed by atoms with van der Waals surface area (Å²) in [4.78, 5) is 42.4. The van der Waals surface area contributed by atoms with Crippen LogP contribution in [-0.2, 0) is 22.6 Å². The van der Waals surface area contributed by atoms with E-state index in [-0.39, 0.29) is 11.5 Å². The lowest BCUT2D eigenvalue weighted by molar-refractivity contribution is -0.192. The third kappa shape index (κ3) is 8.70.